The van der Waals surface area contributed by atoms with E-state index in [0.717, 1.165) is 18.2 Å². The number of carbonyl (C=O) groups excluding carboxylic acids is 1. The van der Waals surface area contributed by atoms with Crippen LogP contribution in [0, 0.1) is 10.1 Å². The zero-order valence-corrected chi connectivity index (χ0v) is 9.81. The molecular formula is C10H10N2O8. The van der Waals surface area contributed by atoms with E-state index in [1.54, 1.807) is 0 Å². The van der Waals surface area contributed by atoms with Crippen molar-refractivity contribution in [1.82, 2.24) is 0 Å². The van der Waals surface area contributed by atoms with Crippen molar-refractivity contribution in [3.8, 4) is 0 Å². The highest BCUT2D eigenvalue weighted by Gasteiger charge is 2.27. The Bertz CT molecular complexity index is 531. The molecule has 0 aromatic heterocycles. The van der Waals surface area contributed by atoms with Gasteiger partial charge in [-0.25, -0.2) is 4.79 Å². The molecule has 1 aromatic rings. The largest absolute Gasteiger partial charge is 0.478 e. The van der Waals surface area contributed by atoms with Crippen LogP contribution in [0.2, 0.25) is 0 Å². The van der Waals surface area contributed by atoms with Crippen LogP contribution in [0.1, 0.15) is 16.8 Å². The summed E-state index contributed by atoms with van der Waals surface area (Å²) >= 11 is 0. The minimum absolute atomic E-state index is 0.549. The molecule has 0 aliphatic heterocycles. The summed E-state index contributed by atoms with van der Waals surface area (Å²) < 4.78 is 0. The maximum atomic E-state index is 11.4. The van der Waals surface area contributed by atoms with Gasteiger partial charge in [0.1, 0.15) is 12.1 Å². The van der Waals surface area contributed by atoms with Gasteiger partial charge in [-0.15, -0.1) is 0 Å². The summed E-state index contributed by atoms with van der Waals surface area (Å²) in [5, 5.41) is 47.4. The molecule has 0 radical (unpaired) electrons. The molecule has 1 rings (SSSR count). The molecule has 0 aliphatic rings. The topological polar surface area (TPSA) is 170 Å². The molecular weight excluding hydrogens is 276 g/mol. The van der Waals surface area contributed by atoms with Crippen molar-refractivity contribution in [3.63, 3.8) is 0 Å². The molecule has 5 N–H and O–H groups in total. The third-order valence-corrected chi connectivity index (χ3v) is 2.13. The Morgan fingerprint density at radius 3 is 2.35 bits per heavy atom. The molecule has 0 fully saturated rings. The molecule has 108 valence electrons. The summed E-state index contributed by atoms with van der Waals surface area (Å²) in [5.74, 6) is -6.04. The maximum Gasteiger partial charge on any atom is 0.338 e. The average molecular weight is 286 g/mol. The first kappa shape index (κ1) is 15.5. The van der Waals surface area contributed by atoms with Gasteiger partial charge >= 0.3 is 5.97 Å². The standard InChI is InChI=1S/C10H10N2O8/c13-7(4-10(16,17)18)11-8-5(9(14)15)2-1-3-6(8)12(19)20/h1-3,16-18H,4H2,(H,11,13)(H,14,15). The lowest BCUT2D eigenvalue weighted by atomic mass is 10.1. The second kappa shape index (κ2) is 5.61. The van der Waals surface area contributed by atoms with E-state index in [9.17, 15) is 19.7 Å². The minimum Gasteiger partial charge on any atom is -0.478 e. The minimum atomic E-state index is -3.31. The van der Waals surface area contributed by atoms with Crippen LogP contribution in [0.25, 0.3) is 0 Å². The van der Waals surface area contributed by atoms with Gasteiger partial charge in [-0.3, -0.25) is 14.9 Å². The summed E-state index contributed by atoms with van der Waals surface area (Å²) in [5.41, 5.74) is -1.84. The molecule has 0 saturated heterocycles. The number of para-hydroxylation sites is 1. The predicted octanol–water partition coefficient (Wildman–Crippen LogP) is -0.748. The molecule has 1 aromatic carbocycles. The van der Waals surface area contributed by atoms with Gasteiger partial charge in [-0.2, -0.15) is 0 Å². The van der Waals surface area contributed by atoms with Crippen molar-refractivity contribution in [1.29, 1.82) is 0 Å². The lowest BCUT2D eigenvalue weighted by molar-refractivity contribution is -0.384. The molecule has 20 heavy (non-hydrogen) atoms. The van der Waals surface area contributed by atoms with Gasteiger partial charge in [0.25, 0.3) is 11.7 Å². The van der Waals surface area contributed by atoms with Crippen LogP contribution in [0.5, 0.6) is 0 Å². The number of nitro benzene ring substituents is 1. The van der Waals surface area contributed by atoms with Crippen LogP contribution >= 0.6 is 0 Å². The van der Waals surface area contributed by atoms with E-state index in [1.165, 1.54) is 0 Å². The first-order chi connectivity index (χ1) is 9.11. The molecule has 0 heterocycles. The number of amides is 1. The third-order valence-electron chi connectivity index (χ3n) is 2.13. The number of rotatable bonds is 5. The molecule has 0 unspecified atom stereocenters. The number of nitro groups is 1. The van der Waals surface area contributed by atoms with Crippen LogP contribution in [0.3, 0.4) is 0 Å². The Morgan fingerprint density at radius 1 is 1.30 bits per heavy atom. The van der Waals surface area contributed by atoms with Gasteiger partial charge in [0.15, 0.2) is 0 Å². The predicted molar refractivity (Wildman–Crippen MR) is 62.7 cm³/mol. The quantitative estimate of drug-likeness (QED) is 0.267. The number of hydrogen-bond donors (Lipinski definition) is 5. The summed E-state index contributed by atoms with van der Waals surface area (Å²) in [7, 11) is 0. The van der Waals surface area contributed by atoms with Crippen LogP contribution in [0.15, 0.2) is 18.2 Å². The number of anilines is 1. The van der Waals surface area contributed by atoms with Crippen LogP contribution < -0.4 is 5.32 Å². The molecule has 0 saturated carbocycles. The third kappa shape index (κ3) is 3.98. The van der Waals surface area contributed by atoms with Crippen molar-refractivity contribution < 1.29 is 34.9 Å². The number of carbonyl (C=O) groups is 2. The van der Waals surface area contributed by atoms with Crippen molar-refractivity contribution >= 4 is 23.3 Å². The number of nitrogens with zero attached hydrogens (tertiary/aromatic N) is 1. The zero-order chi connectivity index (χ0) is 15.5. The van der Waals surface area contributed by atoms with E-state index >= 15 is 0 Å². The molecule has 0 spiro atoms. The number of aromatic carboxylic acids is 1. The van der Waals surface area contributed by atoms with Crippen LogP contribution in [-0.4, -0.2) is 43.2 Å². The molecule has 10 heteroatoms. The zero-order valence-electron chi connectivity index (χ0n) is 9.81. The molecule has 0 aliphatic carbocycles. The molecule has 0 atom stereocenters. The van der Waals surface area contributed by atoms with Gasteiger partial charge in [-0.1, -0.05) is 6.07 Å². The molecule has 10 nitrogen and oxygen atoms in total. The Balaban J connectivity index is 3.18. The maximum absolute atomic E-state index is 11.4. The van der Waals surface area contributed by atoms with Gasteiger partial charge in [-0.05, 0) is 6.07 Å². The summed E-state index contributed by atoms with van der Waals surface area (Å²) in [6, 6.07) is 3.10. The van der Waals surface area contributed by atoms with Crippen molar-refractivity contribution in [3.05, 3.63) is 33.9 Å². The van der Waals surface area contributed by atoms with Crippen molar-refractivity contribution in [2.24, 2.45) is 0 Å². The Kier molecular flexibility index (Phi) is 4.34. The Morgan fingerprint density at radius 2 is 1.90 bits per heavy atom. The normalized spacial score (nSPS) is 10.9. The number of carboxylic acids is 1. The van der Waals surface area contributed by atoms with E-state index in [-0.39, 0.29) is 0 Å². The van der Waals surface area contributed by atoms with E-state index < -0.39 is 46.1 Å². The number of nitrogens with one attached hydrogen (secondary N) is 1. The fourth-order valence-corrected chi connectivity index (χ4v) is 1.40. The molecule has 0 bridgehead atoms. The lowest BCUT2D eigenvalue weighted by Gasteiger charge is -2.14. The highest BCUT2D eigenvalue weighted by Crippen LogP contribution is 2.28. The summed E-state index contributed by atoms with van der Waals surface area (Å²) in [6.07, 6.45) is -1.21. The fourth-order valence-electron chi connectivity index (χ4n) is 1.40. The SMILES string of the molecule is O=C(CC(O)(O)O)Nc1c(C(=O)O)cccc1[N+](=O)[O-]. The van der Waals surface area contributed by atoms with E-state index in [0.29, 0.717) is 0 Å². The van der Waals surface area contributed by atoms with Gasteiger partial charge < -0.3 is 25.7 Å². The van der Waals surface area contributed by atoms with Gasteiger partial charge in [0.05, 0.1) is 10.5 Å². The van der Waals surface area contributed by atoms with Crippen molar-refractivity contribution in [2.45, 2.75) is 12.4 Å². The average Bonchev–Trinajstić information content (AvgIpc) is 2.25. The first-order valence-corrected chi connectivity index (χ1v) is 5.09. The first-order valence-electron chi connectivity index (χ1n) is 5.09. The lowest BCUT2D eigenvalue weighted by Crippen LogP contribution is -2.33. The Hall–Kier alpha value is -2.56. The second-order valence-corrected chi connectivity index (χ2v) is 3.76. The summed E-state index contributed by atoms with van der Waals surface area (Å²) in [4.78, 5) is 32.2. The fraction of sp³-hybridized carbons (Fsp3) is 0.200. The van der Waals surface area contributed by atoms with Gasteiger partial charge in [0.2, 0.25) is 5.91 Å². The number of carboxylic acid groups (broad SMARTS) is 1. The highest BCUT2D eigenvalue weighted by atomic mass is 16.7. The van der Waals surface area contributed by atoms with Gasteiger partial charge in [0, 0.05) is 6.07 Å². The van der Waals surface area contributed by atoms with Crippen LogP contribution in [-0.2, 0) is 4.79 Å². The number of benzene rings is 1. The van der Waals surface area contributed by atoms with Crippen LogP contribution in [0.4, 0.5) is 11.4 Å². The summed E-state index contributed by atoms with van der Waals surface area (Å²) in [6.45, 7) is 0. The Labute approximate surface area is 111 Å². The van der Waals surface area contributed by atoms with E-state index in [2.05, 4.69) is 0 Å². The highest BCUT2D eigenvalue weighted by molar-refractivity contribution is 6.03. The number of hydrogen-bond acceptors (Lipinski definition) is 7. The monoisotopic (exact) mass is 286 g/mol. The second-order valence-electron chi connectivity index (χ2n) is 3.76. The molecule has 1 amide bonds. The van der Waals surface area contributed by atoms with Crippen molar-refractivity contribution in [2.75, 3.05) is 5.32 Å². The van der Waals surface area contributed by atoms with E-state index in [1.807, 2.05) is 5.32 Å². The van der Waals surface area contributed by atoms with E-state index in [4.69, 9.17) is 20.4 Å². The smallest absolute Gasteiger partial charge is 0.338 e. The number of aliphatic hydroxyl groups is 3.